The Hall–Kier alpha value is -0.900. The van der Waals surface area contributed by atoms with Crippen molar-refractivity contribution in [3.05, 3.63) is 35.2 Å². The first-order valence-electron chi connectivity index (χ1n) is 7.17. The number of rotatable bonds is 5. The van der Waals surface area contributed by atoms with Crippen molar-refractivity contribution in [2.45, 2.75) is 25.9 Å². The number of hydrogen-bond donors (Lipinski definition) is 1. The van der Waals surface area contributed by atoms with Gasteiger partial charge >= 0.3 is 0 Å². The monoisotopic (exact) mass is 275 g/mol. The Morgan fingerprint density at radius 1 is 1.32 bits per heavy atom. The highest BCUT2D eigenvalue weighted by atomic mass is 32.1. The zero-order chi connectivity index (χ0) is 12.9. The van der Waals surface area contributed by atoms with Crippen molar-refractivity contribution in [1.82, 2.24) is 5.32 Å². The minimum absolute atomic E-state index is 0.754. The van der Waals surface area contributed by atoms with Crippen LogP contribution in [0.2, 0.25) is 0 Å². The van der Waals surface area contributed by atoms with Gasteiger partial charge in [0.05, 0.1) is 6.61 Å². The number of nitrogens with one attached hydrogen (secondary N) is 1. The zero-order valence-electron chi connectivity index (χ0n) is 11.2. The fraction of sp³-hybridized carbons (Fsp3) is 0.500. The Balaban J connectivity index is 1.47. The lowest BCUT2D eigenvalue weighted by Gasteiger charge is -2.22. The van der Waals surface area contributed by atoms with Gasteiger partial charge < -0.3 is 10.1 Å². The Labute approximate surface area is 118 Å². The molecule has 102 valence electrons. The van der Waals surface area contributed by atoms with E-state index in [0.29, 0.717) is 0 Å². The number of thiophene rings is 1. The summed E-state index contributed by atoms with van der Waals surface area (Å²) in [7, 11) is 0. The molecule has 1 unspecified atom stereocenters. The molecule has 0 saturated carbocycles. The van der Waals surface area contributed by atoms with Gasteiger partial charge in [0.15, 0.2) is 0 Å². The minimum atomic E-state index is 0.754. The van der Waals surface area contributed by atoms with Crippen LogP contribution in [-0.2, 0) is 11.3 Å². The average Bonchev–Trinajstić information content (AvgIpc) is 2.88. The summed E-state index contributed by atoms with van der Waals surface area (Å²) >= 11 is 1.81. The number of benzene rings is 1. The van der Waals surface area contributed by atoms with Crippen LogP contribution in [0.25, 0.3) is 10.1 Å². The van der Waals surface area contributed by atoms with Crippen LogP contribution >= 0.6 is 11.3 Å². The van der Waals surface area contributed by atoms with Crippen molar-refractivity contribution in [2.75, 3.05) is 19.7 Å². The topological polar surface area (TPSA) is 21.3 Å². The van der Waals surface area contributed by atoms with E-state index in [1.165, 1.54) is 48.0 Å². The third-order valence-corrected chi connectivity index (χ3v) is 4.90. The summed E-state index contributed by atoms with van der Waals surface area (Å²) in [4.78, 5) is 0. The van der Waals surface area contributed by atoms with Gasteiger partial charge in [-0.2, -0.15) is 0 Å². The summed E-state index contributed by atoms with van der Waals surface area (Å²) in [5, 5.41) is 7.04. The van der Waals surface area contributed by atoms with Crippen LogP contribution in [-0.4, -0.2) is 19.7 Å². The maximum atomic E-state index is 5.87. The van der Waals surface area contributed by atoms with Crippen molar-refractivity contribution < 1.29 is 4.74 Å². The van der Waals surface area contributed by atoms with E-state index in [2.05, 4.69) is 35.0 Å². The van der Waals surface area contributed by atoms with Crippen molar-refractivity contribution in [3.63, 3.8) is 0 Å². The van der Waals surface area contributed by atoms with Crippen molar-refractivity contribution in [2.24, 2.45) is 5.92 Å². The van der Waals surface area contributed by atoms with Crippen LogP contribution < -0.4 is 5.32 Å². The highest BCUT2D eigenvalue weighted by Gasteiger charge is 2.12. The summed E-state index contributed by atoms with van der Waals surface area (Å²) in [5.74, 6) is 0.813. The highest BCUT2D eigenvalue weighted by Crippen LogP contribution is 2.26. The molecule has 1 aliphatic rings. The zero-order valence-corrected chi connectivity index (χ0v) is 12.0. The average molecular weight is 275 g/mol. The summed E-state index contributed by atoms with van der Waals surface area (Å²) in [5.41, 5.74) is 1.34. The van der Waals surface area contributed by atoms with Crippen LogP contribution in [0.3, 0.4) is 0 Å². The van der Waals surface area contributed by atoms with E-state index in [-0.39, 0.29) is 0 Å². The molecule has 0 aliphatic carbocycles. The molecule has 0 radical (unpaired) electrons. The van der Waals surface area contributed by atoms with Crippen molar-refractivity contribution >= 4 is 21.4 Å². The summed E-state index contributed by atoms with van der Waals surface area (Å²) in [6.07, 6.45) is 3.87. The van der Waals surface area contributed by atoms with Gasteiger partial charge in [-0.05, 0) is 60.7 Å². The smallest absolute Gasteiger partial charge is 0.0730 e. The van der Waals surface area contributed by atoms with Gasteiger partial charge in [-0.3, -0.25) is 0 Å². The molecule has 0 bridgehead atoms. The van der Waals surface area contributed by atoms with E-state index in [0.717, 1.165) is 19.1 Å². The van der Waals surface area contributed by atoms with E-state index in [4.69, 9.17) is 4.74 Å². The molecule has 3 heteroatoms. The third kappa shape index (κ3) is 3.35. The molecule has 1 fully saturated rings. The number of ether oxygens (including phenoxy) is 1. The summed E-state index contributed by atoms with van der Waals surface area (Å²) in [6.45, 7) is 4.00. The second-order valence-electron chi connectivity index (χ2n) is 5.31. The molecule has 19 heavy (non-hydrogen) atoms. The van der Waals surface area contributed by atoms with E-state index in [9.17, 15) is 0 Å². The molecule has 1 aromatic heterocycles. The summed E-state index contributed by atoms with van der Waals surface area (Å²) < 4.78 is 7.23. The molecule has 1 saturated heterocycles. The van der Waals surface area contributed by atoms with Crippen LogP contribution in [0.1, 0.15) is 24.8 Å². The molecule has 0 spiro atoms. The second kappa shape index (κ2) is 6.51. The van der Waals surface area contributed by atoms with Gasteiger partial charge in [-0.1, -0.05) is 18.2 Å². The molecule has 1 atom stereocenters. The van der Waals surface area contributed by atoms with E-state index in [1.54, 1.807) is 0 Å². The summed E-state index contributed by atoms with van der Waals surface area (Å²) in [6, 6.07) is 8.57. The standard InChI is InChI=1S/C16H21NOS/c1-2-6-16-15(5-1)14(12-19-16)11-18-9-7-13-4-3-8-17-10-13/h1-2,5-6,12-13,17H,3-4,7-11H2. The van der Waals surface area contributed by atoms with Gasteiger partial charge in [-0.25, -0.2) is 0 Å². The molecule has 1 aliphatic heterocycles. The van der Waals surface area contributed by atoms with Gasteiger partial charge in [-0.15, -0.1) is 11.3 Å². The third-order valence-electron chi connectivity index (χ3n) is 3.89. The molecule has 1 aromatic carbocycles. The largest absolute Gasteiger partial charge is 0.377 e. The Bertz CT molecular complexity index is 516. The first-order chi connectivity index (χ1) is 9.43. The molecular weight excluding hydrogens is 254 g/mol. The maximum absolute atomic E-state index is 5.87. The maximum Gasteiger partial charge on any atom is 0.0730 e. The Morgan fingerprint density at radius 3 is 3.16 bits per heavy atom. The Morgan fingerprint density at radius 2 is 2.26 bits per heavy atom. The van der Waals surface area contributed by atoms with Crippen LogP contribution in [0.5, 0.6) is 0 Å². The SMILES string of the molecule is c1ccc2c(COCCC3CCCNC3)csc2c1. The minimum Gasteiger partial charge on any atom is -0.377 e. The number of piperidine rings is 1. The van der Waals surface area contributed by atoms with Gasteiger partial charge in [0.25, 0.3) is 0 Å². The second-order valence-corrected chi connectivity index (χ2v) is 6.22. The van der Waals surface area contributed by atoms with E-state index >= 15 is 0 Å². The molecule has 2 nitrogen and oxygen atoms in total. The fourth-order valence-corrected chi connectivity index (χ4v) is 3.69. The first-order valence-corrected chi connectivity index (χ1v) is 8.05. The first kappa shape index (κ1) is 13.1. The van der Waals surface area contributed by atoms with Gasteiger partial charge in [0.1, 0.15) is 0 Å². The Kier molecular flexibility index (Phi) is 4.49. The van der Waals surface area contributed by atoms with Gasteiger partial charge in [0.2, 0.25) is 0 Å². The lowest BCUT2D eigenvalue weighted by atomic mass is 9.97. The number of fused-ring (bicyclic) bond motifs is 1. The predicted molar refractivity (Wildman–Crippen MR) is 81.7 cm³/mol. The van der Waals surface area contributed by atoms with Crippen LogP contribution in [0, 0.1) is 5.92 Å². The van der Waals surface area contributed by atoms with Crippen LogP contribution in [0.15, 0.2) is 29.6 Å². The highest BCUT2D eigenvalue weighted by molar-refractivity contribution is 7.17. The molecular formula is C16H21NOS. The molecule has 1 N–H and O–H groups in total. The van der Waals surface area contributed by atoms with Crippen molar-refractivity contribution in [1.29, 1.82) is 0 Å². The lowest BCUT2D eigenvalue weighted by molar-refractivity contribution is 0.104. The fourth-order valence-electron chi connectivity index (χ4n) is 2.75. The molecule has 2 aromatic rings. The number of hydrogen-bond acceptors (Lipinski definition) is 3. The van der Waals surface area contributed by atoms with E-state index in [1.807, 2.05) is 11.3 Å². The molecule has 2 heterocycles. The van der Waals surface area contributed by atoms with E-state index < -0.39 is 0 Å². The quantitative estimate of drug-likeness (QED) is 0.838. The lowest BCUT2D eigenvalue weighted by Crippen LogP contribution is -2.30. The van der Waals surface area contributed by atoms with Gasteiger partial charge in [0, 0.05) is 11.3 Å². The normalized spacial score (nSPS) is 19.9. The molecule has 0 amide bonds. The predicted octanol–water partition coefficient (Wildman–Crippen LogP) is 3.81. The van der Waals surface area contributed by atoms with Crippen LogP contribution in [0.4, 0.5) is 0 Å². The van der Waals surface area contributed by atoms with Crippen molar-refractivity contribution in [3.8, 4) is 0 Å². The molecule has 3 rings (SSSR count).